The summed E-state index contributed by atoms with van der Waals surface area (Å²) in [5.74, 6) is -0.270. The molecule has 9 heteroatoms. The first-order chi connectivity index (χ1) is 12.8. The van der Waals surface area contributed by atoms with E-state index in [0.717, 1.165) is 31.7 Å². The number of hydrogen-bond donors (Lipinski definition) is 2. The van der Waals surface area contributed by atoms with E-state index < -0.39 is 6.36 Å². The fourth-order valence-corrected chi connectivity index (χ4v) is 3.67. The Labute approximate surface area is 168 Å². The Bertz CT molecular complexity index is 796. The number of rotatable bonds is 4. The van der Waals surface area contributed by atoms with Gasteiger partial charge in [-0.25, -0.2) is 0 Å². The second kappa shape index (κ2) is 8.26. The number of alkyl halides is 3. The Hall–Kier alpha value is -1.48. The molecule has 0 amide bonds. The van der Waals surface area contributed by atoms with Gasteiger partial charge in [0.25, 0.3) is 0 Å². The van der Waals surface area contributed by atoms with Gasteiger partial charge < -0.3 is 15.2 Å². The maximum absolute atomic E-state index is 12.4. The molecule has 0 radical (unpaired) electrons. The monoisotopic (exact) mass is 464 g/mol. The molecule has 3 rings (SSSR count). The number of nitrogens with zero attached hydrogens (tertiary/aromatic N) is 1. The predicted molar refractivity (Wildman–Crippen MR) is 100 cm³/mol. The van der Waals surface area contributed by atoms with Crippen molar-refractivity contribution >= 4 is 27.5 Å². The molecule has 0 unspecified atom stereocenters. The highest BCUT2D eigenvalue weighted by Crippen LogP contribution is 2.41. The van der Waals surface area contributed by atoms with Crippen molar-refractivity contribution in [2.24, 2.45) is 0 Å². The van der Waals surface area contributed by atoms with Crippen LogP contribution in [0.15, 0.2) is 40.9 Å². The van der Waals surface area contributed by atoms with Gasteiger partial charge >= 0.3 is 6.36 Å². The summed E-state index contributed by atoms with van der Waals surface area (Å²) in [6.07, 6.45) is -4.74. The molecule has 2 N–H and O–H groups in total. The minimum Gasteiger partial charge on any atom is -0.506 e. The van der Waals surface area contributed by atoms with Gasteiger partial charge in [0.15, 0.2) is 0 Å². The number of phenols is 1. The molecule has 4 nitrogen and oxygen atoms in total. The number of aromatic hydroxyl groups is 1. The smallest absolute Gasteiger partial charge is 0.506 e. The maximum atomic E-state index is 12.4. The highest BCUT2D eigenvalue weighted by Gasteiger charge is 2.32. The molecule has 2 aromatic rings. The summed E-state index contributed by atoms with van der Waals surface area (Å²) in [6, 6.07) is 8.79. The summed E-state index contributed by atoms with van der Waals surface area (Å²) in [7, 11) is 0. The lowest BCUT2D eigenvalue weighted by atomic mass is 9.95. The number of benzene rings is 2. The van der Waals surface area contributed by atoms with Crippen LogP contribution in [0, 0.1) is 0 Å². The van der Waals surface area contributed by atoms with Crippen LogP contribution in [0.25, 0.3) is 0 Å². The Morgan fingerprint density at radius 2 is 1.74 bits per heavy atom. The lowest BCUT2D eigenvalue weighted by Crippen LogP contribution is -2.45. The standard InChI is InChI=1S/C18H17BrClF3N2O2/c19-15-14(20)6-5-13(17(15)26)16(25-9-7-24-8-10-25)11-1-3-12(4-2-11)27-18(21,22)23/h1-6,16,24,26H,7-10H2/t16-/m1/s1. The average Bonchev–Trinajstić information content (AvgIpc) is 2.63. The van der Waals surface area contributed by atoms with Crippen LogP contribution in [0.5, 0.6) is 11.5 Å². The molecule has 1 aliphatic heterocycles. The van der Waals surface area contributed by atoms with E-state index in [1.54, 1.807) is 24.3 Å². The summed E-state index contributed by atoms with van der Waals surface area (Å²) in [5.41, 5.74) is 1.37. The molecule has 0 bridgehead atoms. The van der Waals surface area contributed by atoms with Crippen LogP contribution in [-0.2, 0) is 0 Å². The molecule has 1 aliphatic rings. The average molecular weight is 466 g/mol. The van der Waals surface area contributed by atoms with Crippen molar-refractivity contribution in [3.63, 3.8) is 0 Å². The molecule has 1 fully saturated rings. The van der Waals surface area contributed by atoms with Crippen molar-refractivity contribution in [2.45, 2.75) is 12.4 Å². The first kappa shape index (κ1) is 20.3. The molecule has 146 valence electrons. The predicted octanol–water partition coefficient (Wildman–Crippen LogP) is 4.70. The van der Waals surface area contributed by atoms with E-state index in [1.165, 1.54) is 12.1 Å². The minimum absolute atomic E-state index is 0.0154. The summed E-state index contributed by atoms with van der Waals surface area (Å²) in [5, 5.41) is 14.2. The first-order valence-electron chi connectivity index (χ1n) is 8.23. The number of piperazine rings is 1. The minimum atomic E-state index is -4.74. The third kappa shape index (κ3) is 4.87. The number of nitrogens with one attached hydrogen (secondary N) is 1. The topological polar surface area (TPSA) is 44.7 Å². The molecule has 0 aromatic heterocycles. The highest BCUT2D eigenvalue weighted by molar-refractivity contribution is 9.10. The second-order valence-electron chi connectivity index (χ2n) is 6.10. The highest BCUT2D eigenvalue weighted by atomic mass is 79.9. The molecule has 2 aromatic carbocycles. The molecule has 27 heavy (non-hydrogen) atoms. The third-order valence-corrected chi connectivity index (χ3v) is 5.69. The number of ether oxygens (including phenoxy) is 1. The number of phenolic OH excluding ortho intramolecular Hbond substituents is 1. The van der Waals surface area contributed by atoms with Gasteiger partial charge in [-0.1, -0.05) is 29.8 Å². The van der Waals surface area contributed by atoms with Crippen LogP contribution in [-0.4, -0.2) is 42.5 Å². The maximum Gasteiger partial charge on any atom is 0.573 e. The Kier molecular flexibility index (Phi) is 6.20. The number of hydrogen-bond acceptors (Lipinski definition) is 4. The Balaban J connectivity index is 1.99. The molecule has 0 saturated carbocycles. The Morgan fingerprint density at radius 3 is 2.33 bits per heavy atom. The van der Waals surface area contributed by atoms with Crippen LogP contribution in [0.3, 0.4) is 0 Å². The lowest BCUT2D eigenvalue weighted by molar-refractivity contribution is -0.274. The fourth-order valence-electron chi connectivity index (χ4n) is 3.15. The third-order valence-electron chi connectivity index (χ3n) is 4.34. The normalized spacial score (nSPS) is 16.9. The van der Waals surface area contributed by atoms with Crippen molar-refractivity contribution in [3.8, 4) is 11.5 Å². The zero-order valence-corrected chi connectivity index (χ0v) is 16.4. The van der Waals surface area contributed by atoms with Gasteiger partial charge in [0.2, 0.25) is 0 Å². The summed E-state index contributed by atoms with van der Waals surface area (Å²) in [4.78, 5) is 2.16. The molecule has 1 saturated heterocycles. The van der Waals surface area contributed by atoms with Crippen LogP contribution >= 0.6 is 27.5 Å². The van der Waals surface area contributed by atoms with Gasteiger partial charge in [0, 0.05) is 31.7 Å². The zero-order valence-electron chi connectivity index (χ0n) is 14.1. The van der Waals surface area contributed by atoms with Crippen molar-refractivity contribution in [3.05, 3.63) is 57.0 Å². The summed E-state index contributed by atoms with van der Waals surface area (Å²) >= 11 is 9.33. The summed E-state index contributed by atoms with van der Waals surface area (Å²) < 4.78 is 41.5. The molecule has 1 atom stereocenters. The number of halogens is 5. The van der Waals surface area contributed by atoms with Gasteiger partial charge in [0.1, 0.15) is 11.5 Å². The van der Waals surface area contributed by atoms with Crippen molar-refractivity contribution in [2.75, 3.05) is 26.2 Å². The van der Waals surface area contributed by atoms with E-state index in [1.807, 2.05) is 0 Å². The van der Waals surface area contributed by atoms with Gasteiger partial charge in [-0.3, -0.25) is 4.90 Å². The fraction of sp³-hybridized carbons (Fsp3) is 0.333. The van der Waals surface area contributed by atoms with E-state index in [2.05, 4.69) is 30.9 Å². The lowest BCUT2D eigenvalue weighted by Gasteiger charge is -2.36. The van der Waals surface area contributed by atoms with Crippen molar-refractivity contribution in [1.29, 1.82) is 0 Å². The van der Waals surface area contributed by atoms with E-state index in [9.17, 15) is 18.3 Å². The SMILES string of the molecule is Oc1c([C@@H](c2ccc(OC(F)(F)F)cc2)N2CCNCC2)ccc(Cl)c1Br. The first-order valence-corrected chi connectivity index (χ1v) is 9.40. The second-order valence-corrected chi connectivity index (χ2v) is 7.30. The largest absolute Gasteiger partial charge is 0.573 e. The Morgan fingerprint density at radius 1 is 1.11 bits per heavy atom. The van der Waals surface area contributed by atoms with Gasteiger partial charge in [-0.15, -0.1) is 13.2 Å². The van der Waals surface area contributed by atoms with Gasteiger partial charge in [0.05, 0.1) is 15.5 Å². The molecular formula is C18H17BrClF3N2O2. The van der Waals surface area contributed by atoms with Crippen LogP contribution in [0.4, 0.5) is 13.2 Å². The molecular weight excluding hydrogens is 449 g/mol. The van der Waals surface area contributed by atoms with Crippen LogP contribution < -0.4 is 10.1 Å². The van der Waals surface area contributed by atoms with Gasteiger partial charge in [-0.05, 0) is 39.7 Å². The van der Waals surface area contributed by atoms with Crippen LogP contribution in [0.2, 0.25) is 5.02 Å². The van der Waals surface area contributed by atoms with E-state index in [4.69, 9.17) is 11.6 Å². The van der Waals surface area contributed by atoms with Crippen LogP contribution in [0.1, 0.15) is 17.2 Å². The molecule has 0 aliphatic carbocycles. The summed E-state index contributed by atoms with van der Waals surface area (Å²) in [6.45, 7) is 3.01. The van der Waals surface area contributed by atoms with Crippen molar-refractivity contribution < 1.29 is 23.0 Å². The molecule has 0 spiro atoms. The van der Waals surface area contributed by atoms with E-state index in [0.29, 0.717) is 15.1 Å². The molecule has 1 heterocycles. The quantitative estimate of drug-likeness (QED) is 0.687. The van der Waals surface area contributed by atoms with E-state index >= 15 is 0 Å². The zero-order chi connectivity index (χ0) is 19.6. The van der Waals surface area contributed by atoms with Crippen molar-refractivity contribution in [1.82, 2.24) is 10.2 Å². The van der Waals surface area contributed by atoms with Gasteiger partial charge in [-0.2, -0.15) is 0 Å². The van der Waals surface area contributed by atoms with E-state index in [-0.39, 0.29) is 17.5 Å².